The first-order valence-corrected chi connectivity index (χ1v) is 14.6. The van der Waals surface area contributed by atoms with Crippen LogP contribution < -0.4 is 10.0 Å². The predicted molar refractivity (Wildman–Crippen MR) is 150 cm³/mol. The summed E-state index contributed by atoms with van der Waals surface area (Å²) >= 11 is 14.5. The normalized spacial score (nSPS) is 17.8. The number of fused-ring (bicyclic) bond motifs is 1. The molecule has 6 nitrogen and oxygen atoms in total. The average molecular weight is 563 g/mol. The quantitative estimate of drug-likeness (QED) is 0.311. The molecule has 1 aliphatic carbocycles. The number of benzene rings is 1. The number of hydrogen-bond donors (Lipinski definition) is 2. The lowest BCUT2D eigenvalue weighted by molar-refractivity contribution is 0.172. The van der Waals surface area contributed by atoms with Gasteiger partial charge in [0.25, 0.3) is 0 Å². The Labute approximate surface area is 230 Å². The summed E-state index contributed by atoms with van der Waals surface area (Å²) in [7, 11) is 0. The number of aromatic nitrogens is 2. The molecule has 2 amide bonds. The summed E-state index contributed by atoms with van der Waals surface area (Å²) < 4.78 is 6.42. The summed E-state index contributed by atoms with van der Waals surface area (Å²) in [4.78, 5) is 14.8. The highest BCUT2D eigenvalue weighted by Gasteiger charge is 2.27. The largest absolute Gasteiger partial charge is 0.334 e. The van der Waals surface area contributed by atoms with Crippen molar-refractivity contribution in [3.63, 3.8) is 0 Å². The minimum Gasteiger partial charge on any atom is -0.334 e. The monoisotopic (exact) mass is 561 g/mol. The number of carbonyl (C=O) groups excluding carboxylic acids is 1. The average Bonchev–Trinajstić information content (AvgIpc) is 3.47. The maximum Gasteiger partial charge on any atom is 0.325 e. The highest BCUT2D eigenvalue weighted by atomic mass is 35.5. The molecule has 1 aromatic carbocycles. The Kier molecular flexibility index (Phi) is 8.59. The Hall–Kier alpha value is -1.97. The zero-order valence-electron chi connectivity index (χ0n) is 19.9. The molecule has 5 rings (SSSR count). The summed E-state index contributed by atoms with van der Waals surface area (Å²) in [5, 5.41) is 8.26. The summed E-state index contributed by atoms with van der Waals surface area (Å²) in [6, 6.07) is 12.6. The fourth-order valence-corrected chi connectivity index (χ4v) is 7.23. The van der Waals surface area contributed by atoms with Gasteiger partial charge in [0.1, 0.15) is 4.34 Å². The van der Waals surface area contributed by atoms with Gasteiger partial charge in [-0.1, -0.05) is 59.6 Å². The molecule has 36 heavy (non-hydrogen) atoms. The minimum absolute atomic E-state index is 0.243. The number of hydrogen-bond acceptors (Lipinski definition) is 5. The van der Waals surface area contributed by atoms with Crippen molar-refractivity contribution in [2.75, 3.05) is 19.6 Å². The summed E-state index contributed by atoms with van der Waals surface area (Å²) in [6.07, 6.45) is 9.58. The van der Waals surface area contributed by atoms with Crippen molar-refractivity contribution in [1.29, 1.82) is 0 Å². The molecular formula is C26H29Cl2N5OS2. The van der Waals surface area contributed by atoms with Crippen molar-refractivity contribution in [2.45, 2.75) is 48.9 Å². The number of thiophene rings is 1. The molecule has 10 heteroatoms. The van der Waals surface area contributed by atoms with E-state index >= 15 is 0 Å². The molecule has 0 atom stereocenters. The number of halogens is 2. The van der Waals surface area contributed by atoms with Crippen LogP contribution in [0.4, 0.5) is 4.79 Å². The van der Waals surface area contributed by atoms with Crippen LogP contribution in [-0.4, -0.2) is 40.3 Å². The molecule has 190 valence electrons. The van der Waals surface area contributed by atoms with E-state index in [1.807, 2.05) is 6.20 Å². The van der Waals surface area contributed by atoms with Crippen LogP contribution in [0.15, 0.2) is 52.9 Å². The van der Waals surface area contributed by atoms with E-state index in [1.165, 1.54) is 45.7 Å². The van der Waals surface area contributed by atoms with Crippen LogP contribution in [0.25, 0.3) is 5.57 Å². The molecule has 2 aliphatic rings. The second-order valence-electron chi connectivity index (χ2n) is 9.14. The second-order valence-corrected chi connectivity index (χ2v) is 12.3. The SMILES string of the molecule is O=C(NC/C=C1\CCCc2cnn(C3CCN(Cc4ccccc4)CC3)c21)NSc1cc(Cl)c(Cl)s1. The third-order valence-corrected chi connectivity index (χ3v) is 9.46. The molecule has 1 fully saturated rings. The van der Waals surface area contributed by atoms with E-state index in [0.29, 0.717) is 21.9 Å². The number of rotatable bonds is 7. The Bertz CT molecular complexity index is 1200. The Balaban J connectivity index is 1.16. The number of aryl methyl sites for hydroxylation is 1. The van der Waals surface area contributed by atoms with Gasteiger partial charge in [-0.2, -0.15) is 5.10 Å². The number of carbonyl (C=O) groups is 1. The minimum atomic E-state index is -0.243. The fourth-order valence-electron chi connectivity index (χ4n) is 4.94. The van der Waals surface area contributed by atoms with Gasteiger partial charge in [-0.15, -0.1) is 11.3 Å². The third-order valence-electron chi connectivity index (χ3n) is 6.70. The van der Waals surface area contributed by atoms with Crippen molar-refractivity contribution < 1.29 is 4.79 Å². The zero-order valence-corrected chi connectivity index (χ0v) is 23.0. The summed E-state index contributed by atoms with van der Waals surface area (Å²) in [5.41, 5.74) is 5.24. The molecular weight excluding hydrogens is 533 g/mol. The van der Waals surface area contributed by atoms with Crippen molar-refractivity contribution in [2.24, 2.45) is 0 Å². The molecule has 0 saturated carbocycles. The van der Waals surface area contributed by atoms with Crippen LogP contribution >= 0.6 is 46.5 Å². The van der Waals surface area contributed by atoms with Gasteiger partial charge in [-0.25, -0.2) is 4.79 Å². The number of urea groups is 1. The van der Waals surface area contributed by atoms with E-state index in [0.717, 1.165) is 55.9 Å². The molecule has 1 saturated heterocycles. The van der Waals surface area contributed by atoms with E-state index in [9.17, 15) is 4.79 Å². The maximum absolute atomic E-state index is 12.3. The lowest BCUT2D eigenvalue weighted by Gasteiger charge is -2.33. The molecule has 1 aliphatic heterocycles. The molecule has 3 aromatic rings. The van der Waals surface area contributed by atoms with Crippen molar-refractivity contribution in [1.82, 2.24) is 24.7 Å². The van der Waals surface area contributed by atoms with Gasteiger partial charge in [0.2, 0.25) is 0 Å². The molecule has 0 spiro atoms. The number of nitrogens with zero attached hydrogens (tertiary/aromatic N) is 3. The fraction of sp³-hybridized carbons (Fsp3) is 0.385. The van der Waals surface area contributed by atoms with Gasteiger partial charge in [0.05, 0.1) is 27.2 Å². The Morgan fingerprint density at radius 3 is 2.75 bits per heavy atom. The van der Waals surface area contributed by atoms with E-state index in [2.05, 4.69) is 56.0 Å². The number of nitrogens with one attached hydrogen (secondary N) is 2. The van der Waals surface area contributed by atoms with Gasteiger partial charge in [-0.05, 0) is 66.8 Å². The van der Waals surface area contributed by atoms with Crippen LogP contribution in [0.5, 0.6) is 0 Å². The van der Waals surface area contributed by atoms with Crippen LogP contribution in [0, 0.1) is 0 Å². The highest BCUT2D eigenvalue weighted by Crippen LogP contribution is 2.36. The van der Waals surface area contributed by atoms with Gasteiger partial charge in [0, 0.05) is 26.2 Å². The van der Waals surface area contributed by atoms with Crippen molar-refractivity contribution >= 4 is 58.1 Å². The van der Waals surface area contributed by atoms with Crippen LogP contribution in [-0.2, 0) is 13.0 Å². The van der Waals surface area contributed by atoms with Crippen molar-refractivity contribution in [3.05, 3.63) is 74.9 Å². The van der Waals surface area contributed by atoms with Crippen LogP contribution in [0.1, 0.15) is 48.5 Å². The van der Waals surface area contributed by atoms with Gasteiger partial charge < -0.3 is 5.32 Å². The molecule has 3 heterocycles. The van der Waals surface area contributed by atoms with E-state index in [4.69, 9.17) is 28.3 Å². The molecule has 0 unspecified atom stereocenters. The molecule has 0 bridgehead atoms. The standard InChI is InChI=1S/C26H29Cl2N5OS2/c27-22-15-23(35-25(22)28)36-31-26(34)29-12-9-19-7-4-8-20-16-30-33(24(19)20)21-10-13-32(14-11-21)17-18-5-2-1-3-6-18/h1-3,5-6,9,15-16,21H,4,7-8,10-14,17H2,(H2,29,31,34)/b19-9+. The van der Waals surface area contributed by atoms with Crippen LogP contribution in [0.2, 0.25) is 9.36 Å². The molecule has 2 N–H and O–H groups in total. The van der Waals surface area contributed by atoms with Gasteiger partial charge >= 0.3 is 6.03 Å². The Morgan fingerprint density at radius 2 is 2.00 bits per heavy atom. The smallest absolute Gasteiger partial charge is 0.325 e. The van der Waals surface area contributed by atoms with Crippen LogP contribution in [0.3, 0.4) is 0 Å². The zero-order chi connectivity index (χ0) is 24.9. The number of amides is 2. The van der Waals surface area contributed by atoms with E-state index < -0.39 is 0 Å². The third kappa shape index (κ3) is 6.29. The summed E-state index contributed by atoms with van der Waals surface area (Å²) in [5.74, 6) is 0. The Morgan fingerprint density at radius 1 is 1.19 bits per heavy atom. The lowest BCUT2D eigenvalue weighted by atomic mass is 9.92. The highest BCUT2D eigenvalue weighted by molar-refractivity contribution is 7.99. The number of allylic oxidation sites excluding steroid dienone is 1. The van der Waals surface area contributed by atoms with E-state index in [1.54, 1.807) is 6.07 Å². The predicted octanol–water partition coefficient (Wildman–Crippen LogP) is 6.81. The first-order chi connectivity index (χ1) is 17.6. The number of likely N-dealkylation sites (tertiary alicyclic amines) is 1. The topological polar surface area (TPSA) is 62.2 Å². The first kappa shape index (κ1) is 25.7. The summed E-state index contributed by atoms with van der Waals surface area (Å²) in [6.45, 7) is 3.63. The van der Waals surface area contributed by atoms with Crippen molar-refractivity contribution in [3.8, 4) is 0 Å². The first-order valence-electron chi connectivity index (χ1n) is 12.2. The lowest BCUT2D eigenvalue weighted by Crippen LogP contribution is -2.35. The number of piperidine rings is 1. The molecule has 0 radical (unpaired) electrons. The molecule has 2 aromatic heterocycles. The van der Waals surface area contributed by atoms with Gasteiger partial charge in [0.15, 0.2) is 0 Å². The van der Waals surface area contributed by atoms with Gasteiger partial charge in [-0.3, -0.25) is 14.3 Å². The maximum atomic E-state index is 12.3. The second kappa shape index (κ2) is 12.0. The van der Waals surface area contributed by atoms with E-state index in [-0.39, 0.29) is 6.03 Å².